The number of nitrogens with zero attached hydrogens (tertiary/aromatic N) is 2. The Bertz CT molecular complexity index is 719. The Morgan fingerprint density at radius 2 is 2.10 bits per heavy atom. The molecule has 2 aromatic rings. The second kappa shape index (κ2) is 5.69. The number of aromatic amines is 1. The van der Waals surface area contributed by atoms with Gasteiger partial charge in [0, 0.05) is 16.6 Å². The van der Waals surface area contributed by atoms with E-state index in [0.717, 1.165) is 12.8 Å². The summed E-state index contributed by atoms with van der Waals surface area (Å²) in [4.78, 5) is 24.1. The van der Waals surface area contributed by atoms with Gasteiger partial charge in [0.15, 0.2) is 10.9 Å². The van der Waals surface area contributed by atoms with E-state index in [1.807, 2.05) is 6.92 Å². The normalized spacial score (nSPS) is 15.9. The maximum Gasteiger partial charge on any atom is 0.344 e. The number of benzene rings is 1. The summed E-state index contributed by atoms with van der Waals surface area (Å²) in [7, 11) is 0. The van der Waals surface area contributed by atoms with Gasteiger partial charge in [0.2, 0.25) is 0 Å². The van der Waals surface area contributed by atoms with E-state index in [1.165, 1.54) is 11.8 Å². The number of halogens is 1. The molecule has 21 heavy (non-hydrogen) atoms. The molecule has 1 aliphatic carbocycles. The van der Waals surface area contributed by atoms with Crippen molar-refractivity contribution in [1.82, 2.24) is 14.8 Å². The van der Waals surface area contributed by atoms with Gasteiger partial charge in [-0.3, -0.25) is 9.36 Å². The average Bonchev–Trinajstić information content (AvgIpc) is 3.24. The molecule has 110 valence electrons. The molecule has 1 aliphatic rings. The SMILES string of the molecule is C[C@@H](Sc1n[nH]c(=O)n1C1CC1)C(=O)c1ccc(Cl)cc1. The van der Waals surface area contributed by atoms with Crippen LogP contribution in [-0.4, -0.2) is 25.8 Å². The molecule has 5 nitrogen and oxygen atoms in total. The smallest absolute Gasteiger partial charge is 0.293 e. The van der Waals surface area contributed by atoms with E-state index in [9.17, 15) is 9.59 Å². The lowest BCUT2D eigenvalue weighted by Gasteiger charge is -2.10. The van der Waals surface area contributed by atoms with Gasteiger partial charge in [-0.05, 0) is 44.0 Å². The molecule has 0 aliphatic heterocycles. The van der Waals surface area contributed by atoms with E-state index < -0.39 is 0 Å². The molecule has 1 fully saturated rings. The number of thioether (sulfide) groups is 1. The number of carbonyl (C=O) groups excluding carboxylic acids is 1. The number of H-pyrrole nitrogens is 1. The molecule has 0 bridgehead atoms. The Balaban J connectivity index is 1.77. The summed E-state index contributed by atoms with van der Waals surface area (Å²) in [5.74, 6) is -0.00513. The molecule has 0 amide bonds. The molecule has 1 aromatic carbocycles. The van der Waals surface area contributed by atoms with E-state index in [-0.39, 0.29) is 22.8 Å². The fraction of sp³-hybridized carbons (Fsp3) is 0.357. The van der Waals surface area contributed by atoms with Crippen molar-refractivity contribution in [1.29, 1.82) is 0 Å². The lowest BCUT2D eigenvalue weighted by atomic mass is 10.1. The van der Waals surface area contributed by atoms with Gasteiger partial charge >= 0.3 is 5.69 Å². The highest BCUT2D eigenvalue weighted by molar-refractivity contribution is 8.00. The zero-order valence-electron chi connectivity index (χ0n) is 11.4. The Kier molecular flexibility index (Phi) is 3.91. The molecular weight excluding hydrogens is 310 g/mol. The van der Waals surface area contributed by atoms with E-state index in [1.54, 1.807) is 28.8 Å². The third-order valence-electron chi connectivity index (χ3n) is 3.36. The lowest BCUT2D eigenvalue weighted by Crippen LogP contribution is -2.18. The lowest BCUT2D eigenvalue weighted by molar-refractivity contribution is 0.0994. The first kappa shape index (κ1) is 14.4. The van der Waals surface area contributed by atoms with Crippen LogP contribution in [0.4, 0.5) is 0 Å². The maximum absolute atomic E-state index is 12.4. The fourth-order valence-corrected chi connectivity index (χ4v) is 3.22. The zero-order valence-corrected chi connectivity index (χ0v) is 12.9. The molecule has 7 heteroatoms. The van der Waals surface area contributed by atoms with E-state index in [0.29, 0.717) is 15.7 Å². The van der Waals surface area contributed by atoms with Crippen LogP contribution in [0.25, 0.3) is 0 Å². The molecule has 1 heterocycles. The maximum atomic E-state index is 12.4. The second-order valence-electron chi connectivity index (χ2n) is 5.04. The summed E-state index contributed by atoms with van der Waals surface area (Å²) in [6.45, 7) is 1.82. The highest BCUT2D eigenvalue weighted by atomic mass is 35.5. The molecule has 1 saturated carbocycles. The van der Waals surface area contributed by atoms with Gasteiger partial charge in [-0.15, -0.1) is 5.10 Å². The van der Waals surface area contributed by atoms with Gasteiger partial charge in [0.05, 0.1) is 5.25 Å². The van der Waals surface area contributed by atoms with Gasteiger partial charge in [-0.2, -0.15) is 0 Å². The van der Waals surface area contributed by atoms with Crippen molar-refractivity contribution in [3.8, 4) is 0 Å². The van der Waals surface area contributed by atoms with Crippen LogP contribution < -0.4 is 5.69 Å². The average molecular weight is 324 g/mol. The van der Waals surface area contributed by atoms with Gasteiger partial charge in [0.1, 0.15) is 0 Å². The molecule has 0 spiro atoms. The van der Waals surface area contributed by atoms with Crippen LogP contribution in [-0.2, 0) is 0 Å². The minimum Gasteiger partial charge on any atom is -0.293 e. The molecule has 1 N–H and O–H groups in total. The van der Waals surface area contributed by atoms with E-state index in [2.05, 4.69) is 10.2 Å². The summed E-state index contributed by atoms with van der Waals surface area (Å²) < 4.78 is 1.65. The van der Waals surface area contributed by atoms with Crippen molar-refractivity contribution >= 4 is 29.1 Å². The summed E-state index contributed by atoms with van der Waals surface area (Å²) in [5, 5.41) is 7.34. The van der Waals surface area contributed by atoms with Crippen LogP contribution in [0.2, 0.25) is 5.02 Å². The summed E-state index contributed by atoms with van der Waals surface area (Å²) in [6.07, 6.45) is 1.99. The number of hydrogen-bond acceptors (Lipinski definition) is 4. The summed E-state index contributed by atoms with van der Waals surface area (Å²) in [5.41, 5.74) is 0.404. The van der Waals surface area contributed by atoms with Crippen molar-refractivity contribution in [3.05, 3.63) is 45.3 Å². The summed E-state index contributed by atoms with van der Waals surface area (Å²) in [6, 6.07) is 7.04. The number of rotatable bonds is 5. The third kappa shape index (κ3) is 3.06. The molecule has 0 radical (unpaired) electrons. The van der Waals surface area contributed by atoms with Crippen LogP contribution in [0.15, 0.2) is 34.2 Å². The number of carbonyl (C=O) groups is 1. The fourth-order valence-electron chi connectivity index (χ4n) is 2.09. The topological polar surface area (TPSA) is 67.8 Å². The molecule has 1 atom stereocenters. The minimum atomic E-state index is -0.320. The second-order valence-corrected chi connectivity index (χ2v) is 6.79. The highest BCUT2D eigenvalue weighted by Crippen LogP contribution is 2.37. The predicted molar refractivity (Wildman–Crippen MR) is 82.2 cm³/mol. The predicted octanol–water partition coefficient (Wildman–Crippen LogP) is 2.92. The summed E-state index contributed by atoms with van der Waals surface area (Å²) >= 11 is 7.13. The quantitative estimate of drug-likeness (QED) is 0.678. The zero-order chi connectivity index (χ0) is 15.0. The van der Waals surface area contributed by atoms with Crippen molar-refractivity contribution < 1.29 is 4.79 Å². The molecular formula is C14H14ClN3O2S. The molecule has 0 unspecified atom stereocenters. The molecule has 0 saturated heterocycles. The van der Waals surface area contributed by atoms with E-state index in [4.69, 9.17) is 11.6 Å². The third-order valence-corrected chi connectivity index (χ3v) is 4.68. The number of nitrogens with one attached hydrogen (secondary N) is 1. The Hall–Kier alpha value is -1.53. The van der Waals surface area contributed by atoms with E-state index >= 15 is 0 Å². The molecule has 1 aromatic heterocycles. The van der Waals surface area contributed by atoms with Crippen molar-refractivity contribution in [3.63, 3.8) is 0 Å². The van der Waals surface area contributed by atoms with Gasteiger partial charge < -0.3 is 0 Å². The van der Waals surface area contributed by atoms with Gasteiger partial charge in [-0.1, -0.05) is 23.4 Å². The monoisotopic (exact) mass is 323 g/mol. The van der Waals surface area contributed by atoms with Crippen molar-refractivity contribution in [2.24, 2.45) is 0 Å². The largest absolute Gasteiger partial charge is 0.344 e. The molecule has 3 rings (SSSR count). The van der Waals surface area contributed by atoms with Crippen LogP contribution >= 0.6 is 23.4 Å². The number of Topliss-reactive ketones (excluding diaryl/α,β-unsaturated/α-hetero) is 1. The first-order valence-corrected chi connectivity index (χ1v) is 7.95. The highest BCUT2D eigenvalue weighted by Gasteiger charge is 2.30. The van der Waals surface area contributed by atoms with Crippen LogP contribution in [0.3, 0.4) is 0 Å². The van der Waals surface area contributed by atoms with Crippen molar-refractivity contribution in [2.45, 2.75) is 36.2 Å². The first-order valence-electron chi connectivity index (χ1n) is 6.69. The number of aromatic nitrogens is 3. The van der Waals surface area contributed by atoms with Gasteiger partial charge in [-0.25, -0.2) is 9.89 Å². The van der Waals surface area contributed by atoms with Crippen LogP contribution in [0.5, 0.6) is 0 Å². The minimum absolute atomic E-state index is 0.00513. The van der Waals surface area contributed by atoms with Crippen molar-refractivity contribution in [2.75, 3.05) is 0 Å². The number of hydrogen-bond donors (Lipinski definition) is 1. The Morgan fingerprint density at radius 3 is 2.71 bits per heavy atom. The Labute approximate surface area is 130 Å². The van der Waals surface area contributed by atoms with Crippen LogP contribution in [0, 0.1) is 0 Å². The van der Waals surface area contributed by atoms with Crippen LogP contribution in [0.1, 0.15) is 36.2 Å². The number of ketones is 1. The Morgan fingerprint density at radius 1 is 1.43 bits per heavy atom. The first-order chi connectivity index (χ1) is 10.1. The standard InChI is InChI=1S/C14H14ClN3O2S/c1-8(12(19)9-2-4-10(15)5-3-9)21-14-17-16-13(20)18(14)11-6-7-11/h2-5,8,11H,6-7H2,1H3,(H,16,20)/t8-/m1/s1. The van der Waals surface area contributed by atoms with Gasteiger partial charge in [0.25, 0.3) is 0 Å².